The van der Waals surface area contributed by atoms with E-state index in [0.717, 1.165) is 47.2 Å². The van der Waals surface area contributed by atoms with Crippen molar-refractivity contribution < 1.29 is 15.3 Å². The van der Waals surface area contributed by atoms with Gasteiger partial charge in [-0.05, 0) is 74.0 Å². The molecule has 7 heteroatoms. The van der Waals surface area contributed by atoms with E-state index in [1.54, 1.807) is 12.1 Å². The van der Waals surface area contributed by atoms with Gasteiger partial charge in [0.2, 0.25) is 0 Å². The number of nitrogen functional groups attached to an aromatic ring is 1. The molecular weight excluding hydrogens is 416 g/mol. The van der Waals surface area contributed by atoms with Crippen LogP contribution >= 0.6 is 0 Å². The number of nitrogens with two attached hydrogens (primary N) is 1. The lowest BCUT2D eigenvalue weighted by atomic mass is 10.1. The van der Waals surface area contributed by atoms with Gasteiger partial charge in [-0.2, -0.15) is 0 Å². The number of phenolic OH excluding ortho intramolecular Hbond substituents is 2. The molecule has 0 aliphatic rings. The minimum absolute atomic E-state index is 0.0806. The number of rotatable bonds is 7. The highest BCUT2D eigenvalue weighted by Gasteiger charge is 2.14. The summed E-state index contributed by atoms with van der Waals surface area (Å²) in [7, 11) is 2.04. The van der Waals surface area contributed by atoms with Gasteiger partial charge in [-0.3, -0.25) is 4.99 Å². The van der Waals surface area contributed by atoms with Gasteiger partial charge in [-0.25, -0.2) is 0 Å². The zero-order chi connectivity index (χ0) is 23.5. The summed E-state index contributed by atoms with van der Waals surface area (Å²) in [5, 5.41) is 30.3. The summed E-state index contributed by atoms with van der Waals surface area (Å²) in [5.41, 5.74) is 11.6. The van der Waals surface area contributed by atoms with Crippen LogP contribution in [-0.2, 0) is 13.0 Å². The normalized spacial score (nSPS) is 12.0. The maximum atomic E-state index is 10.4. The van der Waals surface area contributed by atoms with Crippen molar-refractivity contribution in [2.45, 2.75) is 19.9 Å². The Bertz CT molecular complexity index is 1310. The van der Waals surface area contributed by atoms with E-state index >= 15 is 0 Å². The quantitative estimate of drug-likeness (QED) is 0.161. The molecule has 0 saturated heterocycles. The molecular formula is C26H28N4O3. The van der Waals surface area contributed by atoms with E-state index in [-0.39, 0.29) is 17.4 Å². The first kappa shape index (κ1) is 22.2. The standard InChI is InChI=1S/C26H28N4O3/c1-16(25-21-14-19(27)6-9-22(21)29-26(25)33)28-20-7-3-18(4-8-20)15-30(2)12-11-17-5-10-23(31)24(32)13-17/h3-10,13-14,29,31-33H,11-12,15,27H2,1-2H3. The van der Waals surface area contributed by atoms with Crippen LogP contribution in [0.25, 0.3) is 10.9 Å². The van der Waals surface area contributed by atoms with E-state index in [1.165, 1.54) is 6.07 Å². The van der Waals surface area contributed by atoms with E-state index in [2.05, 4.69) is 9.88 Å². The predicted molar refractivity (Wildman–Crippen MR) is 132 cm³/mol. The third kappa shape index (κ3) is 5.10. The van der Waals surface area contributed by atoms with Crippen molar-refractivity contribution in [3.05, 3.63) is 77.4 Å². The lowest BCUT2D eigenvalue weighted by molar-refractivity contribution is 0.331. The maximum Gasteiger partial charge on any atom is 0.198 e. The average molecular weight is 445 g/mol. The fourth-order valence-electron chi connectivity index (χ4n) is 3.92. The molecule has 3 aromatic carbocycles. The van der Waals surface area contributed by atoms with Crippen molar-refractivity contribution in [3.63, 3.8) is 0 Å². The highest BCUT2D eigenvalue weighted by Crippen LogP contribution is 2.30. The molecule has 0 aliphatic carbocycles. The molecule has 0 amide bonds. The Balaban J connectivity index is 1.41. The van der Waals surface area contributed by atoms with Crippen LogP contribution in [0.4, 0.5) is 11.4 Å². The average Bonchev–Trinajstić information content (AvgIpc) is 3.11. The van der Waals surface area contributed by atoms with E-state index in [0.29, 0.717) is 17.0 Å². The minimum atomic E-state index is -0.103. The topological polar surface area (TPSA) is 118 Å². The summed E-state index contributed by atoms with van der Waals surface area (Å²) in [4.78, 5) is 9.86. The van der Waals surface area contributed by atoms with Crippen LogP contribution in [0.5, 0.6) is 17.4 Å². The van der Waals surface area contributed by atoms with Crippen LogP contribution in [0.1, 0.15) is 23.6 Å². The molecule has 0 spiro atoms. The molecule has 170 valence electrons. The summed E-state index contributed by atoms with van der Waals surface area (Å²) >= 11 is 0. The molecule has 0 atom stereocenters. The Hall–Kier alpha value is -3.97. The Morgan fingerprint density at radius 1 is 0.939 bits per heavy atom. The third-order valence-electron chi connectivity index (χ3n) is 5.67. The number of hydrogen-bond acceptors (Lipinski definition) is 6. The number of aliphatic imine (C=N–C) groups is 1. The number of nitrogens with zero attached hydrogens (tertiary/aromatic N) is 2. The molecule has 0 bridgehead atoms. The SMILES string of the molecule is CC(=Nc1ccc(CN(C)CCc2ccc(O)c(O)c2)cc1)c1c(O)[nH]c2ccc(N)cc12. The largest absolute Gasteiger partial charge is 0.504 e. The zero-order valence-corrected chi connectivity index (χ0v) is 18.7. The number of nitrogens with one attached hydrogen (secondary N) is 1. The summed E-state index contributed by atoms with van der Waals surface area (Å²) < 4.78 is 0. The van der Waals surface area contributed by atoms with Gasteiger partial charge in [-0.15, -0.1) is 0 Å². The Morgan fingerprint density at radius 2 is 1.67 bits per heavy atom. The van der Waals surface area contributed by atoms with Gasteiger partial charge in [0.15, 0.2) is 17.4 Å². The molecule has 7 nitrogen and oxygen atoms in total. The van der Waals surface area contributed by atoms with Crippen molar-refractivity contribution in [2.24, 2.45) is 4.99 Å². The zero-order valence-electron chi connectivity index (χ0n) is 18.7. The number of hydrogen-bond donors (Lipinski definition) is 5. The number of fused-ring (bicyclic) bond motifs is 1. The van der Waals surface area contributed by atoms with E-state index in [4.69, 9.17) is 10.7 Å². The fraction of sp³-hybridized carbons (Fsp3) is 0.192. The van der Waals surface area contributed by atoms with Crippen LogP contribution in [0, 0.1) is 0 Å². The van der Waals surface area contributed by atoms with Gasteiger partial charge in [0, 0.05) is 29.7 Å². The number of H-pyrrole nitrogens is 1. The smallest absolute Gasteiger partial charge is 0.198 e. The van der Waals surface area contributed by atoms with Crippen LogP contribution in [0.3, 0.4) is 0 Å². The molecule has 0 fully saturated rings. The molecule has 33 heavy (non-hydrogen) atoms. The second-order valence-electron chi connectivity index (χ2n) is 8.33. The summed E-state index contributed by atoms with van der Waals surface area (Å²) in [6.07, 6.45) is 0.768. The fourth-order valence-corrected chi connectivity index (χ4v) is 3.92. The summed E-state index contributed by atoms with van der Waals surface area (Å²) in [6, 6.07) is 18.4. The summed E-state index contributed by atoms with van der Waals surface area (Å²) in [6.45, 7) is 3.45. The highest BCUT2D eigenvalue weighted by molar-refractivity contribution is 6.13. The number of likely N-dealkylation sites (N-methyl/N-ethyl adjacent to an activating group) is 1. The highest BCUT2D eigenvalue weighted by atomic mass is 16.3. The number of benzene rings is 3. The monoisotopic (exact) mass is 444 g/mol. The first-order valence-corrected chi connectivity index (χ1v) is 10.7. The lowest BCUT2D eigenvalue weighted by Gasteiger charge is -2.17. The Morgan fingerprint density at radius 3 is 2.39 bits per heavy atom. The predicted octanol–water partition coefficient (Wildman–Crippen LogP) is 4.68. The van der Waals surface area contributed by atoms with E-state index in [9.17, 15) is 15.3 Å². The van der Waals surface area contributed by atoms with Crippen molar-refractivity contribution in [3.8, 4) is 17.4 Å². The molecule has 0 saturated carbocycles. The van der Waals surface area contributed by atoms with Gasteiger partial charge in [0.25, 0.3) is 0 Å². The van der Waals surface area contributed by atoms with Gasteiger partial charge in [0.1, 0.15) is 0 Å². The number of anilines is 1. The Labute approximate surface area is 192 Å². The maximum absolute atomic E-state index is 10.4. The second kappa shape index (κ2) is 9.26. The molecule has 4 rings (SSSR count). The van der Waals surface area contributed by atoms with Crippen molar-refractivity contribution in [1.29, 1.82) is 0 Å². The molecule has 4 aromatic rings. The molecule has 0 unspecified atom stereocenters. The van der Waals surface area contributed by atoms with Crippen LogP contribution < -0.4 is 5.73 Å². The van der Waals surface area contributed by atoms with E-state index in [1.807, 2.05) is 56.4 Å². The molecule has 1 heterocycles. The van der Waals surface area contributed by atoms with Gasteiger partial charge in [-0.1, -0.05) is 18.2 Å². The Kier molecular flexibility index (Phi) is 6.24. The number of aromatic nitrogens is 1. The van der Waals surface area contributed by atoms with Crippen LogP contribution in [-0.4, -0.2) is 44.5 Å². The summed E-state index contributed by atoms with van der Waals surface area (Å²) in [5.74, 6) is -0.114. The lowest BCUT2D eigenvalue weighted by Crippen LogP contribution is -2.20. The van der Waals surface area contributed by atoms with Crippen LogP contribution in [0.15, 0.2) is 65.7 Å². The second-order valence-corrected chi connectivity index (χ2v) is 8.33. The first-order valence-electron chi connectivity index (χ1n) is 10.7. The van der Waals surface area contributed by atoms with Crippen molar-refractivity contribution >= 4 is 28.0 Å². The minimum Gasteiger partial charge on any atom is -0.504 e. The number of aromatic amines is 1. The molecule has 1 aromatic heterocycles. The van der Waals surface area contributed by atoms with Crippen LogP contribution in [0.2, 0.25) is 0 Å². The van der Waals surface area contributed by atoms with Crippen molar-refractivity contribution in [1.82, 2.24) is 9.88 Å². The number of phenols is 2. The number of aromatic hydroxyl groups is 3. The third-order valence-corrected chi connectivity index (χ3v) is 5.67. The first-order chi connectivity index (χ1) is 15.8. The molecule has 0 aliphatic heterocycles. The van der Waals surface area contributed by atoms with Gasteiger partial charge >= 0.3 is 0 Å². The van der Waals surface area contributed by atoms with Crippen molar-refractivity contribution in [2.75, 3.05) is 19.3 Å². The van der Waals surface area contributed by atoms with E-state index < -0.39 is 0 Å². The molecule has 0 radical (unpaired) electrons. The van der Waals surface area contributed by atoms with Gasteiger partial charge in [0.05, 0.1) is 17.0 Å². The van der Waals surface area contributed by atoms with Gasteiger partial charge < -0.3 is 30.9 Å². The molecule has 6 N–H and O–H groups in total.